The number of amides is 1. The van der Waals surface area contributed by atoms with Gasteiger partial charge in [0, 0.05) is 5.69 Å². The molecule has 0 aromatic heterocycles. The van der Waals surface area contributed by atoms with E-state index in [1.165, 1.54) is 0 Å². The Bertz CT molecular complexity index is 988. The lowest BCUT2D eigenvalue weighted by molar-refractivity contribution is -0.112. The number of aryl methyl sites for hydroxylation is 1. The van der Waals surface area contributed by atoms with Crippen molar-refractivity contribution in [1.29, 1.82) is 0 Å². The highest BCUT2D eigenvalue weighted by Crippen LogP contribution is 2.61. The minimum Gasteiger partial charge on any atom is -0.507 e. The van der Waals surface area contributed by atoms with Gasteiger partial charge in [0.1, 0.15) is 5.76 Å². The average Bonchev–Trinajstić information content (AvgIpc) is 3.09. The summed E-state index contributed by atoms with van der Waals surface area (Å²) in [7, 11) is 0. The molecule has 4 bridgehead atoms. The van der Waals surface area contributed by atoms with Crippen LogP contribution in [-0.2, 0) is 10.2 Å². The number of carbonyl (C=O) groups excluding carboxylic acids is 1. The molecule has 0 fully saturated rings. The summed E-state index contributed by atoms with van der Waals surface area (Å²) in [6.45, 7) is 1.99. The van der Waals surface area contributed by atoms with Gasteiger partial charge in [-0.2, -0.15) is 0 Å². The Labute approximate surface area is 138 Å². The Morgan fingerprint density at radius 3 is 2.54 bits per heavy atom. The molecule has 0 saturated heterocycles. The number of allylic oxidation sites excluding steroid dienone is 2. The molecule has 116 valence electrons. The fraction of sp³-hybridized carbons (Fsp3) is 0.100. The second-order valence-electron chi connectivity index (χ2n) is 6.41. The molecule has 2 heterocycles. The minimum absolute atomic E-state index is 0.00166. The molecule has 2 aromatic rings. The highest BCUT2D eigenvalue weighted by atomic mass is 16.3. The Hall–Kier alpha value is -3.14. The normalized spacial score (nSPS) is 18.0. The molecule has 2 aromatic carbocycles. The molecule has 24 heavy (non-hydrogen) atoms. The van der Waals surface area contributed by atoms with Crippen molar-refractivity contribution in [3.63, 3.8) is 0 Å². The molecule has 1 spiro atoms. The molecule has 0 unspecified atom stereocenters. The second kappa shape index (κ2) is 4.23. The van der Waals surface area contributed by atoms with E-state index in [1.807, 2.05) is 49.4 Å². The Kier molecular flexibility index (Phi) is 2.35. The van der Waals surface area contributed by atoms with Crippen molar-refractivity contribution in [2.45, 2.75) is 12.3 Å². The SMILES string of the molecule is Cc1ccc(NC(=O)C2=CC3=NC4=C5C=CC=C4C35C=C2O)cc1. The van der Waals surface area contributed by atoms with E-state index in [2.05, 4.69) is 10.3 Å². The van der Waals surface area contributed by atoms with Crippen molar-refractivity contribution in [2.75, 3.05) is 5.32 Å². The lowest BCUT2D eigenvalue weighted by Crippen LogP contribution is -2.39. The van der Waals surface area contributed by atoms with E-state index >= 15 is 0 Å². The van der Waals surface area contributed by atoms with Crippen LogP contribution < -0.4 is 5.32 Å². The summed E-state index contributed by atoms with van der Waals surface area (Å²) < 4.78 is 0. The van der Waals surface area contributed by atoms with E-state index in [1.54, 1.807) is 12.2 Å². The Morgan fingerprint density at radius 2 is 1.83 bits per heavy atom. The van der Waals surface area contributed by atoms with E-state index in [4.69, 9.17) is 0 Å². The third kappa shape index (κ3) is 1.48. The standard InChI is InChI=1S/C20H14N2O2/c1-11-5-7-12(8-6-11)21-19(24)13-9-17-20(10-16(13)23)14-3-2-4-15(20)18(14)22-17/h2-10,23H,1H3,(H,21,24). The van der Waals surface area contributed by atoms with Crippen LogP contribution >= 0.6 is 0 Å². The van der Waals surface area contributed by atoms with Gasteiger partial charge >= 0.3 is 0 Å². The maximum atomic E-state index is 12.5. The third-order valence-corrected chi connectivity index (χ3v) is 4.99. The minimum atomic E-state index is -0.429. The maximum Gasteiger partial charge on any atom is 0.259 e. The molecular weight excluding hydrogens is 300 g/mol. The van der Waals surface area contributed by atoms with Crippen LogP contribution in [0, 0.1) is 6.92 Å². The van der Waals surface area contributed by atoms with E-state index in [-0.39, 0.29) is 17.2 Å². The van der Waals surface area contributed by atoms with Crippen LogP contribution in [-0.4, -0.2) is 16.7 Å². The van der Waals surface area contributed by atoms with Gasteiger partial charge in [0.05, 0.1) is 22.4 Å². The molecule has 2 aliphatic heterocycles. The van der Waals surface area contributed by atoms with Crippen molar-refractivity contribution in [3.05, 3.63) is 82.6 Å². The number of aliphatic hydroxyl groups is 1. The largest absolute Gasteiger partial charge is 0.507 e. The summed E-state index contributed by atoms with van der Waals surface area (Å²) in [5.74, 6) is -0.336. The number of carbonyl (C=O) groups is 1. The molecule has 4 heteroatoms. The maximum absolute atomic E-state index is 12.5. The van der Waals surface area contributed by atoms with Gasteiger partial charge in [0.2, 0.25) is 0 Å². The van der Waals surface area contributed by atoms with Gasteiger partial charge < -0.3 is 10.4 Å². The second-order valence-corrected chi connectivity index (χ2v) is 6.41. The van der Waals surface area contributed by atoms with Gasteiger partial charge in [0.15, 0.2) is 0 Å². The summed E-state index contributed by atoms with van der Waals surface area (Å²) in [6.07, 6.45) is 3.45. The fourth-order valence-corrected chi connectivity index (χ4v) is 3.75. The van der Waals surface area contributed by atoms with Gasteiger partial charge in [-0.15, -0.1) is 0 Å². The molecule has 0 saturated carbocycles. The number of rotatable bonds is 2. The topological polar surface area (TPSA) is 61.7 Å². The molecule has 6 rings (SSSR count). The molecule has 0 atom stereocenters. The first-order valence-electron chi connectivity index (χ1n) is 7.85. The summed E-state index contributed by atoms with van der Waals surface area (Å²) in [4.78, 5) is 17.1. The van der Waals surface area contributed by atoms with Crippen molar-refractivity contribution in [1.82, 2.24) is 0 Å². The highest BCUT2D eigenvalue weighted by molar-refractivity contribution is 6.24. The molecule has 1 amide bonds. The summed E-state index contributed by atoms with van der Waals surface area (Å²) >= 11 is 0. The number of nitrogens with zero attached hydrogens (tertiary/aromatic N) is 1. The molecule has 2 aliphatic carbocycles. The number of anilines is 1. The van der Waals surface area contributed by atoms with Crippen molar-refractivity contribution in [2.24, 2.45) is 4.99 Å². The first-order valence-corrected chi connectivity index (χ1v) is 7.85. The highest BCUT2D eigenvalue weighted by Gasteiger charge is 2.55. The number of para-hydroxylation sites is 1. The summed E-state index contributed by atoms with van der Waals surface area (Å²) in [5.41, 5.74) is 5.65. The smallest absolute Gasteiger partial charge is 0.259 e. The lowest BCUT2D eigenvalue weighted by atomic mass is 9.62. The van der Waals surface area contributed by atoms with Gasteiger partial charge in [0.25, 0.3) is 5.91 Å². The predicted octanol–water partition coefficient (Wildman–Crippen LogP) is 3.70. The molecule has 2 N–H and O–H groups in total. The number of aliphatic imine (C=N–C) groups is 1. The number of benzene rings is 2. The number of hydrogen-bond donors (Lipinski definition) is 2. The number of aliphatic hydroxyl groups excluding tert-OH is 1. The van der Waals surface area contributed by atoms with Crippen molar-refractivity contribution >= 4 is 23.0 Å². The average molecular weight is 314 g/mol. The van der Waals surface area contributed by atoms with Crippen molar-refractivity contribution in [3.8, 4) is 0 Å². The number of nitrogens with one attached hydrogen (secondary N) is 1. The van der Waals surface area contributed by atoms with Crippen LogP contribution in [0.2, 0.25) is 0 Å². The van der Waals surface area contributed by atoms with Gasteiger partial charge in [-0.1, -0.05) is 35.9 Å². The van der Waals surface area contributed by atoms with Gasteiger partial charge in [-0.3, -0.25) is 9.79 Å². The van der Waals surface area contributed by atoms with Crippen LogP contribution in [0.5, 0.6) is 0 Å². The summed E-state index contributed by atoms with van der Waals surface area (Å²) in [5, 5.41) is 13.3. The Balaban J connectivity index is 1.47. The van der Waals surface area contributed by atoms with Crippen LogP contribution in [0.25, 0.3) is 0 Å². The van der Waals surface area contributed by atoms with Crippen LogP contribution in [0.4, 0.5) is 11.4 Å². The first-order chi connectivity index (χ1) is 11.6. The first kappa shape index (κ1) is 13.3. The van der Waals surface area contributed by atoms with Crippen LogP contribution in [0.1, 0.15) is 16.7 Å². The summed E-state index contributed by atoms with van der Waals surface area (Å²) in [6, 6.07) is 13.6. The van der Waals surface area contributed by atoms with E-state index in [0.717, 1.165) is 28.1 Å². The third-order valence-electron chi connectivity index (χ3n) is 4.99. The molecular formula is C20H14N2O2. The zero-order valence-electron chi connectivity index (χ0n) is 13.0. The molecule has 4 nitrogen and oxygen atoms in total. The van der Waals surface area contributed by atoms with E-state index < -0.39 is 5.41 Å². The zero-order valence-corrected chi connectivity index (χ0v) is 13.0. The quantitative estimate of drug-likeness (QED) is 0.888. The van der Waals surface area contributed by atoms with Crippen LogP contribution in [0.15, 0.2) is 70.9 Å². The van der Waals surface area contributed by atoms with E-state index in [9.17, 15) is 9.90 Å². The lowest BCUT2D eigenvalue weighted by Gasteiger charge is -2.37. The van der Waals surface area contributed by atoms with Gasteiger partial charge in [-0.05, 0) is 42.3 Å². The van der Waals surface area contributed by atoms with Crippen molar-refractivity contribution < 1.29 is 9.90 Å². The predicted molar refractivity (Wildman–Crippen MR) is 92.9 cm³/mol. The molecule has 4 aliphatic rings. The number of hydrogen-bond acceptors (Lipinski definition) is 3. The molecule has 0 radical (unpaired) electrons. The Morgan fingerprint density at radius 1 is 1.12 bits per heavy atom. The zero-order chi connectivity index (χ0) is 16.5. The fourth-order valence-electron chi connectivity index (χ4n) is 3.75. The monoisotopic (exact) mass is 314 g/mol. The van der Waals surface area contributed by atoms with Gasteiger partial charge in [-0.25, -0.2) is 0 Å². The van der Waals surface area contributed by atoms with Crippen LogP contribution in [0.3, 0.4) is 0 Å². The van der Waals surface area contributed by atoms with E-state index in [0.29, 0.717) is 5.69 Å².